The lowest BCUT2D eigenvalue weighted by Gasteiger charge is -2.29. The van der Waals surface area contributed by atoms with E-state index in [0.717, 1.165) is 42.2 Å². The number of anilines is 1. The summed E-state index contributed by atoms with van der Waals surface area (Å²) in [6.07, 6.45) is 2.74. The molecule has 0 saturated heterocycles. The van der Waals surface area contributed by atoms with E-state index >= 15 is 0 Å². The van der Waals surface area contributed by atoms with Crippen molar-refractivity contribution in [2.45, 2.75) is 50.5 Å². The maximum atomic E-state index is 13.4. The SMILES string of the molecule is COc1cc(CC(=O)Nc2cccc([C@H]3CC[C@@H](OC(=O)Cc4cc(F)cc(F)c4)CC3)c2)ccc1O. The molecule has 1 aliphatic carbocycles. The highest BCUT2D eigenvalue weighted by Gasteiger charge is 2.25. The molecule has 0 heterocycles. The van der Waals surface area contributed by atoms with Crippen LogP contribution in [0.1, 0.15) is 48.3 Å². The molecule has 3 aromatic carbocycles. The molecule has 0 aliphatic heterocycles. The molecule has 4 rings (SSSR count). The molecule has 1 fully saturated rings. The molecule has 0 unspecified atom stereocenters. The number of carbonyl (C=O) groups excluding carboxylic acids is 2. The van der Waals surface area contributed by atoms with Gasteiger partial charge in [-0.25, -0.2) is 8.78 Å². The molecule has 3 aromatic rings. The first kappa shape index (κ1) is 26.1. The van der Waals surface area contributed by atoms with Crippen LogP contribution < -0.4 is 10.1 Å². The van der Waals surface area contributed by atoms with Crippen LogP contribution in [0.4, 0.5) is 14.5 Å². The summed E-state index contributed by atoms with van der Waals surface area (Å²) < 4.78 is 37.3. The second-order valence-corrected chi connectivity index (χ2v) is 9.27. The molecule has 1 saturated carbocycles. The zero-order chi connectivity index (χ0) is 26.4. The number of ether oxygens (including phenoxy) is 2. The number of phenols is 1. The van der Waals surface area contributed by atoms with E-state index in [0.29, 0.717) is 24.3 Å². The molecular weight excluding hydrogens is 480 g/mol. The number of benzene rings is 3. The van der Waals surface area contributed by atoms with Crippen molar-refractivity contribution < 1.29 is 33.0 Å². The van der Waals surface area contributed by atoms with Gasteiger partial charge >= 0.3 is 5.97 Å². The van der Waals surface area contributed by atoms with E-state index in [4.69, 9.17) is 9.47 Å². The zero-order valence-corrected chi connectivity index (χ0v) is 20.5. The molecule has 194 valence electrons. The monoisotopic (exact) mass is 509 g/mol. The summed E-state index contributed by atoms with van der Waals surface area (Å²) in [7, 11) is 1.46. The molecule has 2 N–H and O–H groups in total. The Balaban J connectivity index is 1.27. The third-order valence-corrected chi connectivity index (χ3v) is 6.49. The average molecular weight is 510 g/mol. The number of hydrogen-bond acceptors (Lipinski definition) is 5. The third-order valence-electron chi connectivity index (χ3n) is 6.49. The maximum absolute atomic E-state index is 13.4. The number of phenolic OH excluding ortho intramolecular Hbond substituents is 1. The summed E-state index contributed by atoms with van der Waals surface area (Å²) in [5.41, 5.74) is 2.77. The minimum atomic E-state index is -0.720. The maximum Gasteiger partial charge on any atom is 0.310 e. The van der Waals surface area contributed by atoms with Gasteiger partial charge in [0.15, 0.2) is 11.5 Å². The van der Waals surface area contributed by atoms with E-state index in [9.17, 15) is 23.5 Å². The summed E-state index contributed by atoms with van der Waals surface area (Å²) in [5.74, 6) is -1.51. The summed E-state index contributed by atoms with van der Waals surface area (Å²) in [6.45, 7) is 0. The Morgan fingerprint density at radius 1 is 0.919 bits per heavy atom. The number of carbonyl (C=O) groups is 2. The van der Waals surface area contributed by atoms with E-state index in [-0.39, 0.29) is 42.1 Å². The number of rotatable bonds is 8. The van der Waals surface area contributed by atoms with Gasteiger partial charge in [0.05, 0.1) is 20.0 Å². The fourth-order valence-electron chi connectivity index (χ4n) is 4.71. The van der Waals surface area contributed by atoms with E-state index < -0.39 is 17.6 Å². The quantitative estimate of drug-likeness (QED) is 0.382. The Morgan fingerprint density at radius 2 is 1.65 bits per heavy atom. The van der Waals surface area contributed by atoms with Gasteiger partial charge in [0.2, 0.25) is 5.91 Å². The fourth-order valence-corrected chi connectivity index (χ4v) is 4.71. The predicted octanol–water partition coefficient (Wildman–Crippen LogP) is 5.67. The number of amides is 1. The Morgan fingerprint density at radius 3 is 2.35 bits per heavy atom. The number of esters is 1. The van der Waals surface area contributed by atoms with Crippen LogP contribution in [0.5, 0.6) is 11.5 Å². The first-order valence-corrected chi connectivity index (χ1v) is 12.2. The lowest BCUT2D eigenvalue weighted by Crippen LogP contribution is -2.24. The highest BCUT2D eigenvalue weighted by molar-refractivity contribution is 5.92. The van der Waals surface area contributed by atoms with Gasteiger partial charge in [0.25, 0.3) is 0 Å². The van der Waals surface area contributed by atoms with Crippen molar-refractivity contribution in [1.29, 1.82) is 0 Å². The van der Waals surface area contributed by atoms with E-state index in [1.165, 1.54) is 13.2 Å². The first-order chi connectivity index (χ1) is 17.8. The molecule has 1 amide bonds. The van der Waals surface area contributed by atoms with Crippen LogP contribution in [0.2, 0.25) is 0 Å². The number of hydrogen-bond donors (Lipinski definition) is 2. The molecule has 1 aliphatic rings. The Hall–Kier alpha value is -3.94. The Labute approximate surface area is 214 Å². The number of nitrogens with one attached hydrogen (secondary N) is 1. The Bertz CT molecular complexity index is 1250. The van der Waals surface area contributed by atoms with Crippen LogP contribution in [0.3, 0.4) is 0 Å². The van der Waals surface area contributed by atoms with Crippen molar-refractivity contribution in [3.63, 3.8) is 0 Å². The van der Waals surface area contributed by atoms with Gasteiger partial charge in [-0.15, -0.1) is 0 Å². The van der Waals surface area contributed by atoms with E-state index in [1.54, 1.807) is 12.1 Å². The lowest BCUT2D eigenvalue weighted by molar-refractivity contribution is -0.149. The molecule has 0 aromatic heterocycles. The number of aromatic hydroxyl groups is 1. The Kier molecular flexibility index (Phi) is 8.38. The molecule has 0 radical (unpaired) electrons. The smallest absolute Gasteiger partial charge is 0.310 e. The van der Waals surface area contributed by atoms with E-state index in [1.807, 2.05) is 24.3 Å². The standard InChI is InChI=1S/C29H29F2NO5/c1-36-27-13-18(5-10-26(27)33)14-28(34)32-24-4-2-3-21(16-24)20-6-8-25(9-7-20)37-29(35)15-19-11-22(30)17-23(31)12-19/h2-5,10-13,16-17,20,25,33H,6-9,14-15H2,1H3,(H,32,34)/t20-,25+. The van der Waals surface area contributed by atoms with Crippen LogP contribution in [-0.4, -0.2) is 30.2 Å². The molecule has 6 nitrogen and oxygen atoms in total. The largest absolute Gasteiger partial charge is 0.504 e. The van der Waals surface area contributed by atoms with Crippen molar-refractivity contribution >= 4 is 17.6 Å². The van der Waals surface area contributed by atoms with Crippen molar-refractivity contribution in [3.05, 3.63) is 89.0 Å². The van der Waals surface area contributed by atoms with Crippen LogP contribution in [0.15, 0.2) is 60.7 Å². The molecule has 37 heavy (non-hydrogen) atoms. The second kappa shape index (κ2) is 11.9. The second-order valence-electron chi connectivity index (χ2n) is 9.27. The lowest BCUT2D eigenvalue weighted by atomic mass is 9.82. The first-order valence-electron chi connectivity index (χ1n) is 12.2. The highest BCUT2D eigenvalue weighted by Crippen LogP contribution is 2.35. The minimum absolute atomic E-state index is 0.0193. The molecule has 0 bridgehead atoms. The molecular formula is C29H29F2NO5. The molecule has 8 heteroatoms. The predicted molar refractivity (Wildman–Crippen MR) is 135 cm³/mol. The number of methoxy groups -OCH3 is 1. The van der Waals surface area contributed by atoms with Gasteiger partial charge < -0.3 is 19.9 Å². The van der Waals surface area contributed by atoms with Crippen molar-refractivity contribution in [2.24, 2.45) is 0 Å². The van der Waals surface area contributed by atoms with Crippen molar-refractivity contribution in [2.75, 3.05) is 12.4 Å². The van der Waals surface area contributed by atoms with Crippen LogP contribution in [0, 0.1) is 11.6 Å². The van der Waals surface area contributed by atoms with Crippen molar-refractivity contribution in [3.8, 4) is 11.5 Å². The van der Waals surface area contributed by atoms with Crippen LogP contribution >= 0.6 is 0 Å². The summed E-state index contributed by atoms with van der Waals surface area (Å²) in [4.78, 5) is 24.8. The summed E-state index contributed by atoms with van der Waals surface area (Å²) in [6, 6.07) is 15.6. The van der Waals surface area contributed by atoms with E-state index in [2.05, 4.69) is 5.32 Å². The summed E-state index contributed by atoms with van der Waals surface area (Å²) in [5, 5.41) is 12.6. The fraction of sp³-hybridized carbons (Fsp3) is 0.310. The van der Waals surface area contributed by atoms with Crippen LogP contribution in [-0.2, 0) is 27.2 Å². The topological polar surface area (TPSA) is 84.9 Å². The number of halogens is 2. The van der Waals surface area contributed by atoms with Gasteiger partial charge in [0.1, 0.15) is 17.7 Å². The normalized spacial score (nSPS) is 17.2. The highest BCUT2D eigenvalue weighted by atomic mass is 19.1. The van der Waals surface area contributed by atoms with Crippen LogP contribution in [0.25, 0.3) is 0 Å². The van der Waals surface area contributed by atoms with Gasteiger partial charge in [0, 0.05) is 11.8 Å². The van der Waals surface area contributed by atoms with Crippen molar-refractivity contribution in [1.82, 2.24) is 0 Å². The van der Waals surface area contributed by atoms with Gasteiger partial charge in [-0.2, -0.15) is 0 Å². The third kappa shape index (κ3) is 7.29. The minimum Gasteiger partial charge on any atom is -0.504 e. The molecule has 0 spiro atoms. The average Bonchev–Trinajstić information content (AvgIpc) is 2.85. The summed E-state index contributed by atoms with van der Waals surface area (Å²) >= 11 is 0. The zero-order valence-electron chi connectivity index (χ0n) is 20.5. The van der Waals surface area contributed by atoms with Gasteiger partial charge in [-0.05, 0) is 84.7 Å². The molecule has 0 atom stereocenters. The van der Waals surface area contributed by atoms with Gasteiger partial charge in [-0.3, -0.25) is 9.59 Å². The van der Waals surface area contributed by atoms with Gasteiger partial charge in [-0.1, -0.05) is 18.2 Å².